The van der Waals surface area contributed by atoms with Crippen LogP contribution in [0, 0.1) is 18.6 Å². The van der Waals surface area contributed by atoms with Crippen molar-refractivity contribution in [3.63, 3.8) is 0 Å². The fraction of sp³-hybridized carbons (Fsp3) is 0.111. The van der Waals surface area contributed by atoms with E-state index in [-0.39, 0.29) is 5.56 Å². The van der Waals surface area contributed by atoms with Gasteiger partial charge in [-0.2, -0.15) is 5.10 Å². The molecule has 0 spiro atoms. The molecule has 0 saturated heterocycles. The summed E-state index contributed by atoms with van der Waals surface area (Å²) in [7, 11) is 0. The molecule has 0 radical (unpaired) electrons. The Morgan fingerprint density at radius 1 is 1.21 bits per heavy atom. The summed E-state index contributed by atoms with van der Waals surface area (Å²) in [5, 5.41) is 3.77. The smallest absolute Gasteiger partial charge is 0.138 e. The Morgan fingerprint density at radius 2 is 1.86 bits per heavy atom. The molecule has 0 fully saturated rings. The highest BCUT2D eigenvalue weighted by Crippen LogP contribution is 2.16. The van der Waals surface area contributed by atoms with Crippen LogP contribution in [0.5, 0.6) is 0 Å². The third kappa shape index (κ3) is 1.37. The van der Waals surface area contributed by atoms with E-state index in [1.807, 2.05) is 0 Å². The summed E-state index contributed by atoms with van der Waals surface area (Å²) >= 11 is 0. The zero-order valence-electron chi connectivity index (χ0n) is 7.41. The lowest BCUT2D eigenvalue weighted by Gasteiger charge is -2.03. The average Bonchev–Trinajstić information content (AvgIpc) is 2.66. The van der Waals surface area contributed by atoms with Crippen LogP contribution in [-0.4, -0.2) is 14.8 Å². The minimum atomic E-state index is -0.587. The van der Waals surface area contributed by atoms with Crippen LogP contribution in [0.15, 0.2) is 24.8 Å². The lowest BCUT2D eigenvalue weighted by atomic mass is 10.2. The number of aromatic nitrogens is 3. The average molecular weight is 195 g/mol. The molecule has 14 heavy (non-hydrogen) atoms. The molecule has 0 N–H and O–H groups in total. The van der Waals surface area contributed by atoms with Gasteiger partial charge in [0.2, 0.25) is 0 Å². The molecule has 72 valence electrons. The van der Waals surface area contributed by atoms with E-state index in [0.717, 1.165) is 0 Å². The van der Waals surface area contributed by atoms with E-state index >= 15 is 0 Å². The van der Waals surface area contributed by atoms with Gasteiger partial charge in [0.05, 0.1) is 5.69 Å². The second-order valence-electron chi connectivity index (χ2n) is 2.87. The summed E-state index contributed by atoms with van der Waals surface area (Å²) in [4.78, 5) is 3.69. The van der Waals surface area contributed by atoms with Crippen LogP contribution in [0.2, 0.25) is 0 Å². The van der Waals surface area contributed by atoms with Gasteiger partial charge in [0.1, 0.15) is 24.3 Å². The second kappa shape index (κ2) is 3.17. The maximum absolute atomic E-state index is 13.1. The summed E-state index contributed by atoms with van der Waals surface area (Å²) in [6.45, 7) is 1.38. The molecule has 0 bridgehead atoms. The van der Waals surface area contributed by atoms with Crippen molar-refractivity contribution < 1.29 is 8.78 Å². The van der Waals surface area contributed by atoms with E-state index in [1.165, 1.54) is 36.4 Å². The van der Waals surface area contributed by atoms with Crippen molar-refractivity contribution in [2.45, 2.75) is 6.92 Å². The number of rotatable bonds is 1. The molecule has 0 aliphatic carbocycles. The van der Waals surface area contributed by atoms with Gasteiger partial charge in [-0.25, -0.2) is 18.4 Å². The van der Waals surface area contributed by atoms with Crippen molar-refractivity contribution in [2.24, 2.45) is 0 Å². The van der Waals surface area contributed by atoms with Gasteiger partial charge in [-0.15, -0.1) is 0 Å². The quantitative estimate of drug-likeness (QED) is 0.695. The van der Waals surface area contributed by atoms with Gasteiger partial charge in [-0.05, 0) is 6.92 Å². The first-order chi connectivity index (χ1) is 6.68. The van der Waals surface area contributed by atoms with E-state index in [2.05, 4.69) is 10.1 Å². The van der Waals surface area contributed by atoms with E-state index in [9.17, 15) is 8.78 Å². The zero-order valence-corrected chi connectivity index (χ0v) is 7.41. The van der Waals surface area contributed by atoms with Crippen LogP contribution in [0.25, 0.3) is 5.69 Å². The fourth-order valence-corrected chi connectivity index (χ4v) is 1.11. The van der Waals surface area contributed by atoms with Crippen molar-refractivity contribution in [2.75, 3.05) is 0 Å². The Balaban J connectivity index is 2.57. The Morgan fingerprint density at radius 3 is 2.36 bits per heavy atom. The maximum atomic E-state index is 13.1. The highest BCUT2D eigenvalue weighted by molar-refractivity contribution is 5.35. The van der Waals surface area contributed by atoms with E-state index in [1.54, 1.807) is 0 Å². The fourth-order valence-electron chi connectivity index (χ4n) is 1.11. The van der Waals surface area contributed by atoms with Crippen LogP contribution < -0.4 is 0 Å². The number of hydrogen-bond acceptors (Lipinski definition) is 2. The van der Waals surface area contributed by atoms with Crippen LogP contribution in [0.1, 0.15) is 5.56 Å². The largest absolute Gasteiger partial charge is 0.223 e. The molecule has 5 heteroatoms. The van der Waals surface area contributed by atoms with Gasteiger partial charge in [-0.1, -0.05) is 0 Å². The number of nitrogens with zero attached hydrogens (tertiary/aromatic N) is 3. The molecule has 1 aromatic heterocycles. The Bertz CT molecular complexity index is 428. The van der Waals surface area contributed by atoms with Crippen molar-refractivity contribution in [3.8, 4) is 5.69 Å². The minimum Gasteiger partial charge on any atom is -0.223 e. The van der Waals surface area contributed by atoms with Crippen molar-refractivity contribution >= 4 is 0 Å². The summed E-state index contributed by atoms with van der Waals surface area (Å²) < 4.78 is 27.6. The molecule has 0 atom stereocenters. The molecule has 0 aliphatic heterocycles. The lowest BCUT2D eigenvalue weighted by Crippen LogP contribution is -1.98. The predicted molar refractivity (Wildman–Crippen MR) is 46.0 cm³/mol. The monoisotopic (exact) mass is 195 g/mol. The summed E-state index contributed by atoms with van der Waals surface area (Å²) in [5.74, 6) is -1.17. The lowest BCUT2D eigenvalue weighted by molar-refractivity contribution is 0.565. The van der Waals surface area contributed by atoms with Gasteiger partial charge >= 0.3 is 0 Å². The number of halogens is 2. The summed E-state index contributed by atoms with van der Waals surface area (Å²) in [6.07, 6.45) is 2.68. The first-order valence-corrected chi connectivity index (χ1v) is 3.99. The standard InChI is InChI=1S/C9H7F2N3/c1-6-8(10)2-7(3-9(6)11)14-5-12-4-13-14/h2-5H,1H3. The first-order valence-electron chi connectivity index (χ1n) is 3.99. The Kier molecular flexibility index (Phi) is 1.99. The second-order valence-corrected chi connectivity index (χ2v) is 2.87. The third-order valence-electron chi connectivity index (χ3n) is 1.95. The van der Waals surface area contributed by atoms with Gasteiger partial charge in [-0.3, -0.25) is 0 Å². The third-order valence-corrected chi connectivity index (χ3v) is 1.95. The molecular formula is C9H7F2N3. The van der Waals surface area contributed by atoms with Crippen LogP contribution in [0.3, 0.4) is 0 Å². The molecular weight excluding hydrogens is 188 g/mol. The first kappa shape index (κ1) is 8.80. The molecule has 0 amide bonds. The van der Waals surface area contributed by atoms with Gasteiger partial charge in [0, 0.05) is 17.7 Å². The van der Waals surface area contributed by atoms with Gasteiger partial charge < -0.3 is 0 Å². The molecule has 2 aromatic rings. The molecule has 2 rings (SSSR count). The van der Waals surface area contributed by atoms with Gasteiger partial charge in [0.15, 0.2) is 0 Å². The van der Waals surface area contributed by atoms with Crippen LogP contribution in [-0.2, 0) is 0 Å². The highest BCUT2D eigenvalue weighted by Gasteiger charge is 2.07. The molecule has 0 unspecified atom stereocenters. The van der Waals surface area contributed by atoms with E-state index in [4.69, 9.17) is 0 Å². The van der Waals surface area contributed by atoms with Gasteiger partial charge in [0.25, 0.3) is 0 Å². The van der Waals surface area contributed by atoms with Crippen LogP contribution in [0.4, 0.5) is 8.78 Å². The Labute approximate surface area is 79.0 Å². The number of hydrogen-bond donors (Lipinski definition) is 0. The van der Waals surface area contributed by atoms with Crippen molar-refractivity contribution in [1.29, 1.82) is 0 Å². The summed E-state index contributed by atoms with van der Waals surface area (Å²) in [5.41, 5.74) is 0.331. The minimum absolute atomic E-state index is 0.00821. The maximum Gasteiger partial charge on any atom is 0.138 e. The topological polar surface area (TPSA) is 30.7 Å². The molecule has 3 nitrogen and oxygen atoms in total. The Hall–Kier alpha value is -1.78. The van der Waals surface area contributed by atoms with Crippen LogP contribution >= 0.6 is 0 Å². The van der Waals surface area contributed by atoms with Crippen molar-refractivity contribution in [3.05, 3.63) is 42.0 Å². The highest BCUT2D eigenvalue weighted by atomic mass is 19.1. The molecule has 0 saturated carbocycles. The zero-order chi connectivity index (χ0) is 10.1. The van der Waals surface area contributed by atoms with E-state index < -0.39 is 11.6 Å². The number of benzene rings is 1. The summed E-state index contributed by atoms with van der Waals surface area (Å²) in [6, 6.07) is 2.43. The molecule has 0 aliphatic rings. The SMILES string of the molecule is Cc1c(F)cc(-n2cncn2)cc1F. The molecule has 1 heterocycles. The van der Waals surface area contributed by atoms with E-state index in [0.29, 0.717) is 5.69 Å². The molecule has 1 aromatic carbocycles. The normalized spacial score (nSPS) is 10.5. The predicted octanol–water partition coefficient (Wildman–Crippen LogP) is 1.85. The van der Waals surface area contributed by atoms with Crippen molar-refractivity contribution in [1.82, 2.24) is 14.8 Å².